The number of nitrogens with zero attached hydrogens (tertiary/aromatic N) is 2. The molecule has 0 saturated carbocycles. The lowest BCUT2D eigenvalue weighted by Crippen LogP contribution is -2.29. The second-order valence-corrected chi connectivity index (χ2v) is 8.27. The summed E-state index contributed by atoms with van der Waals surface area (Å²) in [6, 6.07) is 16.8. The van der Waals surface area contributed by atoms with Crippen LogP contribution in [0, 0.1) is 24.2 Å². The number of unbranched alkanes of at least 4 members (excludes halogenated alkanes) is 1. The van der Waals surface area contributed by atoms with Crippen LogP contribution in [0.3, 0.4) is 0 Å². The Labute approximate surface area is 189 Å². The van der Waals surface area contributed by atoms with Crippen LogP contribution < -0.4 is 9.64 Å². The molecular formula is C28H38N2O. The van der Waals surface area contributed by atoms with Gasteiger partial charge in [-0.2, -0.15) is 5.26 Å². The van der Waals surface area contributed by atoms with Gasteiger partial charge in [-0.1, -0.05) is 49.2 Å². The summed E-state index contributed by atoms with van der Waals surface area (Å²) in [5.41, 5.74) is 4.42. The van der Waals surface area contributed by atoms with Crippen molar-refractivity contribution in [2.24, 2.45) is 5.92 Å². The molecule has 0 amide bonds. The standard InChI is InChI=1S/C28H38N2O/c1-5-8-13-24(6-2)22-30(7-3)27-20-26(21-29)16-17-28(27)31-18-10-9-14-25-15-11-12-23(4)19-25/h5,11-12,15-17,19-20,24H,1,6-10,13-14,18,22H2,2-4H3. The van der Waals surface area contributed by atoms with E-state index in [1.54, 1.807) is 0 Å². The number of hydrogen-bond acceptors (Lipinski definition) is 3. The molecule has 0 heterocycles. The summed E-state index contributed by atoms with van der Waals surface area (Å²) < 4.78 is 6.21. The normalized spacial score (nSPS) is 11.5. The summed E-state index contributed by atoms with van der Waals surface area (Å²) in [5, 5.41) is 9.40. The predicted molar refractivity (Wildman–Crippen MR) is 132 cm³/mol. The van der Waals surface area contributed by atoms with E-state index in [4.69, 9.17) is 4.74 Å². The summed E-state index contributed by atoms with van der Waals surface area (Å²) >= 11 is 0. The molecule has 0 aliphatic rings. The maximum Gasteiger partial charge on any atom is 0.142 e. The number of anilines is 1. The first kappa shape index (κ1) is 24.5. The van der Waals surface area contributed by atoms with Gasteiger partial charge in [0.2, 0.25) is 0 Å². The molecular weight excluding hydrogens is 380 g/mol. The van der Waals surface area contributed by atoms with Crippen molar-refractivity contribution in [2.45, 2.75) is 59.3 Å². The third kappa shape index (κ3) is 8.13. The Morgan fingerprint density at radius 2 is 2.00 bits per heavy atom. The van der Waals surface area contributed by atoms with Crippen molar-refractivity contribution in [2.75, 3.05) is 24.6 Å². The number of nitriles is 1. The van der Waals surface area contributed by atoms with Crippen molar-refractivity contribution < 1.29 is 4.74 Å². The summed E-state index contributed by atoms with van der Waals surface area (Å²) in [5.74, 6) is 1.49. The highest BCUT2D eigenvalue weighted by atomic mass is 16.5. The van der Waals surface area contributed by atoms with Crippen LogP contribution in [0.25, 0.3) is 0 Å². The lowest BCUT2D eigenvalue weighted by Gasteiger charge is -2.29. The van der Waals surface area contributed by atoms with Gasteiger partial charge < -0.3 is 9.64 Å². The molecule has 0 aliphatic carbocycles. The van der Waals surface area contributed by atoms with E-state index >= 15 is 0 Å². The Morgan fingerprint density at radius 1 is 1.16 bits per heavy atom. The molecule has 0 radical (unpaired) electrons. The topological polar surface area (TPSA) is 36.3 Å². The van der Waals surface area contributed by atoms with Gasteiger partial charge in [0, 0.05) is 13.1 Å². The van der Waals surface area contributed by atoms with Crippen molar-refractivity contribution in [3.05, 3.63) is 71.8 Å². The van der Waals surface area contributed by atoms with Gasteiger partial charge in [0.05, 0.1) is 23.9 Å². The number of benzene rings is 2. The van der Waals surface area contributed by atoms with Gasteiger partial charge in [0.15, 0.2) is 0 Å². The van der Waals surface area contributed by atoms with Crippen LogP contribution in [0.5, 0.6) is 5.75 Å². The van der Waals surface area contributed by atoms with Crippen LogP contribution in [0.4, 0.5) is 5.69 Å². The van der Waals surface area contributed by atoms with Gasteiger partial charge in [-0.05, 0) is 75.6 Å². The number of rotatable bonds is 14. The van der Waals surface area contributed by atoms with Crippen LogP contribution in [0.15, 0.2) is 55.1 Å². The van der Waals surface area contributed by atoms with Crippen LogP contribution in [0.1, 0.15) is 62.6 Å². The van der Waals surface area contributed by atoms with E-state index in [1.807, 2.05) is 24.3 Å². The molecule has 166 valence electrons. The second kappa shape index (κ2) is 13.5. The fourth-order valence-electron chi connectivity index (χ4n) is 3.92. The zero-order chi connectivity index (χ0) is 22.5. The number of hydrogen-bond donors (Lipinski definition) is 0. The molecule has 0 N–H and O–H groups in total. The van der Waals surface area contributed by atoms with E-state index in [2.05, 4.69) is 62.6 Å². The molecule has 1 atom stereocenters. The molecule has 0 spiro atoms. The summed E-state index contributed by atoms with van der Waals surface area (Å²) in [6.45, 7) is 13.0. The molecule has 0 aromatic heterocycles. The second-order valence-electron chi connectivity index (χ2n) is 8.27. The smallest absolute Gasteiger partial charge is 0.142 e. The predicted octanol–water partition coefficient (Wildman–Crippen LogP) is 7.09. The molecule has 0 bridgehead atoms. The summed E-state index contributed by atoms with van der Waals surface area (Å²) in [4.78, 5) is 2.36. The van der Waals surface area contributed by atoms with Gasteiger partial charge in [-0.3, -0.25) is 0 Å². The first-order valence-electron chi connectivity index (χ1n) is 11.7. The molecule has 0 fully saturated rings. The largest absolute Gasteiger partial charge is 0.491 e. The van der Waals surface area contributed by atoms with Gasteiger partial charge in [-0.15, -0.1) is 6.58 Å². The number of ether oxygens (including phenoxy) is 1. The van der Waals surface area contributed by atoms with E-state index in [1.165, 1.54) is 11.1 Å². The van der Waals surface area contributed by atoms with Crippen LogP contribution in [-0.2, 0) is 6.42 Å². The molecule has 2 aromatic carbocycles. The lowest BCUT2D eigenvalue weighted by atomic mass is 9.99. The average molecular weight is 419 g/mol. The van der Waals surface area contributed by atoms with E-state index in [0.29, 0.717) is 18.1 Å². The first-order chi connectivity index (χ1) is 15.1. The van der Waals surface area contributed by atoms with E-state index in [9.17, 15) is 5.26 Å². The van der Waals surface area contributed by atoms with Crippen LogP contribution in [0.2, 0.25) is 0 Å². The third-order valence-electron chi connectivity index (χ3n) is 5.85. The maximum absolute atomic E-state index is 9.40. The Morgan fingerprint density at radius 3 is 2.68 bits per heavy atom. The van der Waals surface area contributed by atoms with Crippen molar-refractivity contribution >= 4 is 5.69 Å². The summed E-state index contributed by atoms with van der Waals surface area (Å²) in [7, 11) is 0. The van der Waals surface area contributed by atoms with Crippen molar-refractivity contribution in [3.63, 3.8) is 0 Å². The SMILES string of the molecule is C=CCCC(CC)CN(CC)c1cc(C#N)ccc1OCCCCc1cccc(C)c1. The van der Waals surface area contributed by atoms with Crippen molar-refractivity contribution in [3.8, 4) is 11.8 Å². The maximum atomic E-state index is 9.40. The molecule has 0 aliphatic heterocycles. The Balaban J connectivity index is 2.00. The highest BCUT2D eigenvalue weighted by molar-refractivity contribution is 5.62. The highest BCUT2D eigenvalue weighted by Gasteiger charge is 2.16. The molecule has 3 nitrogen and oxygen atoms in total. The van der Waals surface area contributed by atoms with Gasteiger partial charge in [-0.25, -0.2) is 0 Å². The number of aryl methyl sites for hydroxylation is 2. The van der Waals surface area contributed by atoms with E-state index in [-0.39, 0.29) is 0 Å². The molecule has 0 saturated heterocycles. The molecule has 1 unspecified atom stereocenters. The molecule has 2 rings (SSSR count). The summed E-state index contributed by atoms with van der Waals surface area (Å²) in [6.07, 6.45) is 8.51. The number of allylic oxidation sites excluding steroid dienone is 1. The fourth-order valence-corrected chi connectivity index (χ4v) is 3.92. The van der Waals surface area contributed by atoms with E-state index < -0.39 is 0 Å². The van der Waals surface area contributed by atoms with Crippen molar-refractivity contribution in [1.82, 2.24) is 0 Å². The minimum atomic E-state index is 0.603. The molecule has 31 heavy (non-hydrogen) atoms. The first-order valence-corrected chi connectivity index (χ1v) is 11.7. The van der Waals surface area contributed by atoms with Crippen LogP contribution in [-0.4, -0.2) is 19.7 Å². The monoisotopic (exact) mass is 418 g/mol. The Kier molecular flexibility index (Phi) is 10.7. The quantitative estimate of drug-likeness (QED) is 0.243. The van der Waals surface area contributed by atoms with Crippen molar-refractivity contribution in [1.29, 1.82) is 5.26 Å². The Bertz CT molecular complexity index is 852. The molecule has 2 aromatic rings. The highest BCUT2D eigenvalue weighted by Crippen LogP contribution is 2.31. The average Bonchev–Trinajstić information content (AvgIpc) is 2.79. The van der Waals surface area contributed by atoms with Gasteiger partial charge in [0.1, 0.15) is 5.75 Å². The zero-order valence-corrected chi connectivity index (χ0v) is 19.6. The molecule has 3 heteroatoms. The minimum Gasteiger partial charge on any atom is -0.491 e. The van der Waals surface area contributed by atoms with Gasteiger partial charge in [0.25, 0.3) is 0 Å². The lowest BCUT2D eigenvalue weighted by molar-refractivity contribution is 0.306. The minimum absolute atomic E-state index is 0.603. The van der Waals surface area contributed by atoms with Gasteiger partial charge >= 0.3 is 0 Å². The zero-order valence-electron chi connectivity index (χ0n) is 19.6. The third-order valence-corrected chi connectivity index (χ3v) is 5.85. The van der Waals surface area contributed by atoms with Crippen LogP contribution >= 0.6 is 0 Å². The fraction of sp³-hybridized carbons (Fsp3) is 0.464. The Hall–Kier alpha value is -2.73. The van der Waals surface area contributed by atoms with E-state index in [0.717, 1.165) is 63.1 Å².